The van der Waals surface area contributed by atoms with Crippen LogP contribution in [0.5, 0.6) is 0 Å². The van der Waals surface area contributed by atoms with E-state index in [0.29, 0.717) is 5.69 Å². The largest absolute Gasteiger partial charge is 0.374 e. The minimum Gasteiger partial charge on any atom is -0.374 e. The molecule has 1 N–H and O–H groups in total. The van der Waals surface area contributed by atoms with E-state index in [1.807, 2.05) is 37.3 Å². The minimum atomic E-state index is -0.271. The highest BCUT2D eigenvalue weighted by atomic mass is 79.9. The van der Waals surface area contributed by atoms with Crippen LogP contribution in [-0.4, -0.2) is 4.98 Å². The topological polar surface area (TPSA) is 24.9 Å². The Morgan fingerprint density at radius 2 is 2.05 bits per heavy atom. The van der Waals surface area contributed by atoms with Crippen LogP contribution >= 0.6 is 27.3 Å². The van der Waals surface area contributed by atoms with Crippen LogP contribution in [0.15, 0.2) is 46.9 Å². The molecular formula is C15H12BrFN2S. The number of para-hydroxylation sites is 1. The Bertz CT molecular complexity index is 723. The summed E-state index contributed by atoms with van der Waals surface area (Å²) in [5, 5.41) is 4.12. The van der Waals surface area contributed by atoms with E-state index < -0.39 is 0 Å². The van der Waals surface area contributed by atoms with Crippen molar-refractivity contribution in [2.75, 3.05) is 5.32 Å². The molecule has 0 saturated carbocycles. The van der Waals surface area contributed by atoms with Gasteiger partial charge in [0.05, 0.1) is 21.9 Å². The van der Waals surface area contributed by atoms with Gasteiger partial charge in [-0.15, -0.1) is 11.3 Å². The van der Waals surface area contributed by atoms with Crippen LogP contribution in [0.3, 0.4) is 0 Å². The molecular weight excluding hydrogens is 339 g/mol. The van der Waals surface area contributed by atoms with Gasteiger partial charge in [-0.25, -0.2) is 9.37 Å². The Morgan fingerprint density at radius 1 is 1.25 bits per heavy atom. The average Bonchev–Trinajstić information content (AvgIpc) is 2.86. The van der Waals surface area contributed by atoms with Crippen molar-refractivity contribution < 1.29 is 4.39 Å². The van der Waals surface area contributed by atoms with Gasteiger partial charge in [-0.05, 0) is 37.3 Å². The molecule has 5 heteroatoms. The third kappa shape index (κ3) is 2.69. The third-order valence-corrected chi connectivity index (χ3v) is 4.70. The predicted octanol–water partition coefficient (Wildman–Crippen LogP) is 5.37. The zero-order valence-electron chi connectivity index (χ0n) is 10.7. The molecule has 102 valence electrons. The Labute approximate surface area is 128 Å². The first-order valence-electron chi connectivity index (χ1n) is 6.20. The lowest BCUT2D eigenvalue weighted by atomic mass is 10.2. The molecule has 1 aromatic heterocycles. The quantitative estimate of drug-likeness (QED) is 0.686. The van der Waals surface area contributed by atoms with Gasteiger partial charge in [0.1, 0.15) is 10.8 Å². The first-order chi connectivity index (χ1) is 9.63. The molecule has 0 fully saturated rings. The van der Waals surface area contributed by atoms with Crippen LogP contribution in [-0.2, 0) is 0 Å². The van der Waals surface area contributed by atoms with Crippen LogP contribution in [0.4, 0.5) is 10.1 Å². The van der Waals surface area contributed by atoms with Gasteiger partial charge in [0.2, 0.25) is 0 Å². The molecule has 0 radical (unpaired) electrons. The summed E-state index contributed by atoms with van der Waals surface area (Å²) in [7, 11) is 0. The maximum Gasteiger partial charge on any atom is 0.147 e. The molecule has 3 aromatic rings. The molecule has 1 heterocycles. The molecule has 2 aromatic carbocycles. The number of nitrogens with one attached hydrogen (secondary N) is 1. The van der Waals surface area contributed by atoms with Gasteiger partial charge in [-0.3, -0.25) is 0 Å². The lowest BCUT2D eigenvalue weighted by molar-refractivity contribution is 0.626. The monoisotopic (exact) mass is 350 g/mol. The van der Waals surface area contributed by atoms with E-state index in [4.69, 9.17) is 0 Å². The van der Waals surface area contributed by atoms with Gasteiger partial charge in [0.15, 0.2) is 0 Å². The van der Waals surface area contributed by atoms with E-state index >= 15 is 0 Å². The van der Waals surface area contributed by atoms with Crippen LogP contribution in [0.1, 0.15) is 18.0 Å². The number of hydrogen-bond donors (Lipinski definition) is 1. The van der Waals surface area contributed by atoms with E-state index in [1.165, 1.54) is 6.07 Å². The molecule has 3 rings (SSSR count). The number of anilines is 1. The standard InChI is InChI=1S/C15H12BrFN2S/c1-9(18-12-7-6-10(16)8-11(12)17)15-19-13-4-2-3-5-14(13)20-15/h2-9,18H,1H3. The number of benzene rings is 2. The highest BCUT2D eigenvalue weighted by Crippen LogP contribution is 2.29. The fraction of sp³-hybridized carbons (Fsp3) is 0.133. The van der Waals surface area contributed by atoms with Crippen molar-refractivity contribution in [3.63, 3.8) is 0 Å². The SMILES string of the molecule is CC(Nc1ccc(Br)cc1F)c1nc2ccccc2s1. The summed E-state index contributed by atoms with van der Waals surface area (Å²) >= 11 is 4.88. The lowest BCUT2D eigenvalue weighted by Crippen LogP contribution is -2.07. The van der Waals surface area contributed by atoms with Crippen molar-refractivity contribution in [2.24, 2.45) is 0 Å². The summed E-state index contributed by atoms with van der Waals surface area (Å²) in [5.41, 5.74) is 1.47. The summed E-state index contributed by atoms with van der Waals surface area (Å²) in [6.45, 7) is 1.99. The van der Waals surface area contributed by atoms with E-state index in [2.05, 4.69) is 26.2 Å². The summed E-state index contributed by atoms with van der Waals surface area (Å²) in [6, 6.07) is 13.0. The molecule has 1 unspecified atom stereocenters. The molecule has 0 aliphatic rings. The van der Waals surface area contributed by atoms with E-state index in [-0.39, 0.29) is 11.9 Å². The van der Waals surface area contributed by atoms with Crippen LogP contribution in [0.25, 0.3) is 10.2 Å². The number of halogens is 2. The van der Waals surface area contributed by atoms with Crippen LogP contribution in [0, 0.1) is 5.82 Å². The predicted molar refractivity (Wildman–Crippen MR) is 85.8 cm³/mol. The van der Waals surface area contributed by atoms with Crippen molar-refractivity contribution in [3.05, 3.63) is 57.8 Å². The molecule has 0 aliphatic carbocycles. The summed E-state index contributed by atoms with van der Waals surface area (Å²) < 4.78 is 15.7. The average molecular weight is 351 g/mol. The van der Waals surface area contributed by atoms with Crippen molar-refractivity contribution >= 4 is 43.2 Å². The molecule has 0 spiro atoms. The number of fused-ring (bicyclic) bond motifs is 1. The number of rotatable bonds is 3. The summed E-state index contributed by atoms with van der Waals surface area (Å²) in [6.07, 6.45) is 0. The number of hydrogen-bond acceptors (Lipinski definition) is 3. The smallest absolute Gasteiger partial charge is 0.147 e. The fourth-order valence-electron chi connectivity index (χ4n) is 1.98. The minimum absolute atomic E-state index is 0.0388. The van der Waals surface area contributed by atoms with Gasteiger partial charge in [0, 0.05) is 4.47 Å². The maximum atomic E-state index is 13.8. The first kappa shape index (κ1) is 13.5. The van der Waals surface area contributed by atoms with Gasteiger partial charge < -0.3 is 5.32 Å². The normalized spacial score (nSPS) is 12.6. The molecule has 0 saturated heterocycles. The maximum absolute atomic E-state index is 13.8. The van der Waals surface area contributed by atoms with E-state index in [1.54, 1.807) is 17.4 Å². The molecule has 20 heavy (non-hydrogen) atoms. The Balaban J connectivity index is 1.86. The molecule has 2 nitrogen and oxygen atoms in total. The van der Waals surface area contributed by atoms with E-state index in [0.717, 1.165) is 19.7 Å². The highest BCUT2D eigenvalue weighted by Gasteiger charge is 2.13. The van der Waals surface area contributed by atoms with Crippen molar-refractivity contribution in [1.29, 1.82) is 0 Å². The fourth-order valence-corrected chi connectivity index (χ4v) is 3.28. The first-order valence-corrected chi connectivity index (χ1v) is 7.81. The Kier molecular flexibility index (Phi) is 3.72. The van der Waals surface area contributed by atoms with Crippen molar-refractivity contribution in [1.82, 2.24) is 4.98 Å². The molecule has 0 aliphatic heterocycles. The van der Waals surface area contributed by atoms with Crippen LogP contribution in [0.2, 0.25) is 0 Å². The number of nitrogens with zero attached hydrogens (tertiary/aromatic N) is 1. The van der Waals surface area contributed by atoms with Crippen molar-refractivity contribution in [2.45, 2.75) is 13.0 Å². The second kappa shape index (κ2) is 5.50. The third-order valence-electron chi connectivity index (χ3n) is 2.98. The summed E-state index contributed by atoms with van der Waals surface area (Å²) in [5.74, 6) is -0.271. The van der Waals surface area contributed by atoms with Crippen LogP contribution < -0.4 is 5.32 Å². The van der Waals surface area contributed by atoms with E-state index in [9.17, 15) is 4.39 Å². The van der Waals surface area contributed by atoms with Crippen molar-refractivity contribution in [3.8, 4) is 0 Å². The molecule has 0 bridgehead atoms. The Morgan fingerprint density at radius 3 is 2.80 bits per heavy atom. The Hall–Kier alpha value is -1.46. The second-order valence-corrected chi connectivity index (χ2v) is 6.49. The zero-order valence-corrected chi connectivity index (χ0v) is 13.1. The van der Waals surface area contributed by atoms with Gasteiger partial charge in [-0.1, -0.05) is 28.1 Å². The number of aromatic nitrogens is 1. The lowest BCUT2D eigenvalue weighted by Gasteiger charge is -2.13. The molecule has 0 amide bonds. The molecule has 1 atom stereocenters. The second-order valence-electron chi connectivity index (χ2n) is 4.51. The van der Waals surface area contributed by atoms with Gasteiger partial charge >= 0.3 is 0 Å². The zero-order chi connectivity index (χ0) is 14.1. The number of thiazole rings is 1. The van der Waals surface area contributed by atoms with Gasteiger partial charge in [0.25, 0.3) is 0 Å². The summed E-state index contributed by atoms with van der Waals surface area (Å²) in [4.78, 5) is 4.58. The van der Waals surface area contributed by atoms with Gasteiger partial charge in [-0.2, -0.15) is 0 Å². The highest BCUT2D eigenvalue weighted by molar-refractivity contribution is 9.10.